The Kier molecular flexibility index (Phi) is 6.86. The molecule has 0 aliphatic heterocycles. The van der Waals surface area contributed by atoms with E-state index in [-0.39, 0.29) is 11.8 Å². The van der Waals surface area contributed by atoms with Crippen LogP contribution >= 0.6 is 0 Å². The van der Waals surface area contributed by atoms with E-state index in [1.807, 2.05) is 36.5 Å². The zero-order valence-corrected chi connectivity index (χ0v) is 16.5. The maximum Gasteiger partial charge on any atom is 0.247 e. The standard InChI is InChI=1S/C22H25N3O4/c1-15(26)24-21(12-16-14-23-20-9-4-3-8-19(16)20)22(27)25-17-6-5-7-18(13-17)29-11-10-28-2/h3-9,13-14,21,23H,10-12H2,1-2H3,(H,24,26)(H,25,27). The van der Waals surface area contributed by atoms with E-state index >= 15 is 0 Å². The molecule has 0 spiro atoms. The molecule has 0 radical (unpaired) electrons. The van der Waals surface area contributed by atoms with Crippen molar-refractivity contribution in [2.45, 2.75) is 19.4 Å². The Balaban J connectivity index is 1.72. The lowest BCUT2D eigenvalue weighted by Gasteiger charge is -2.18. The van der Waals surface area contributed by atoms with Crippen molar-refractivity contribution in [1.82, 2.24) is 10.3 Å². The maximum absolute atomic E-state index is 12.9. The summed E-state index contributed by atoms with van der Waals surface area (Å²) in [5.74, 6) is 0.0775. The van der Waals surface area contributed by atoms with Gasteiger partial charge in [-0.05, 0) is 23.8 Å². The minimum absolute atomic E-state index is 0.262. The third-order valence-electron chi connectivity index (χ3n) is 4.45. The number of carbonyl (C=O) groups is 2. The minimum atomic E-state index is -0.704. The van der Waals surface area contributed by atoms with Gasteiger partial charge in [0.25, 0.3) is 0 Å². The summed E-state index contributed by atoms with van der Waals surface area (Å²) in [6.45, 7) is 2.30. The number of methoxy groups -OCH3 is 1. The van der Waals surface area contributed by atoms with Gasteiger partial charge in [-0.3, -0.25) is 9.59 Å². The van der Waals surface area contributed by atoms with Crippen LogP contribution in [0.15, 0.2) is 54.7 Å². The molecule has 3 N–H and O–H groups in total. The molecular weight excluding hydrogens is 370 g/mol. The highest BCUT2D eigenvalue weighted by Gasteiger charge is 2.21. The van der Waals surface area contributed by atoms with Crippen molar-refractivity contribution in [2.24, 2.45) is 0 Å². The number of para-hydroxylation sites is 1. The van der Waals surface area contributed by atoms with E-state index in [4.69, 9.17) is 9.47 Å². The smallest absolute Gasteiger partial charge is 0.247 e. The first-order chi connectivity index (χ1) is 14.1. The molecule has 2 aromatic carbocycles. The van der Waals surface area contributed by atoms with Crippen LogP contribution in [0.25, 0.3) is 10.9 Å². The van der Waals surface area contributed by atoms with Gasteiger partial charge >= 0.3 is 0 Å². The summed E-state index contributed by atoms with van der Waals surface area (Å²) in [7, 11) is 1.61. The van der Waals surface area contributed by atoms with E-state index in [2.05, 4.69) is 15.6 Å². The van der Waals surface area contributed by atoms with Crippen LogP contribution in [0.2, 0.25) is 0 Å². The first kappa shape index (κ1) is 20.4. The van der Waals surface area contributed by atoms with Crippen LogP contribution in [-0.4, -0.2) is 43.2 Å². The summed E-state index contributed by atoms with van der Waals surface area (Å²) in [4.78, 5) is 27.8. The molecule has 0 fully saturated rings. The fourth-order valence-electron chi connectivity index (χ4n) is 3.11. The molecule has 7 nitrogen and oxygen atoms in total. The van der Waals surface area contributed by atoms with Gasteiger partial charge in [-0.25, -0.2) is 0 Å². The Bertz CT molecular complexity index is 983. The lowest BCUT2D eigenvalue weighted by atomic mass is 10.0. The molecule has 1 unspecified atom stereocenters. The minimum Gasteiger partial charge on any atom is -0.491 e. The lowest BCUT2D eigenvalue weighted by Crippen LogP contribution is -2.44. The molecule has 1 atom stereocenters. The van der Waals surface area contributed by atoms with Gasteiger partial charge in [-0.15, -0.1) is 0 Å². The number of nitrogens with one attached hydrogen (secondary N) is 3. The van der Waals surface area contributed by atoms with Crippen molar-refractivity contribution in [3.05, 3.63) is 60.3 Å². The maximum atomic E-state index is 12.9. The summed E-state index contributed by atoms with van der Waals surface area (Å²) in [5, 5.41) is 6.64. The van der Waals surface area contributed by atoms with Crippen LogP contribution in [0.4, 0.5) is 5.69 Å². The van der Waals surface area contributed by atoms with Crippen LogP contribution in [0.1, 0.15) is 12.5 Å². The monoisotopic (exact) mass is 395 g/mol. The number of carbonyl (C=O) groups excluding carboxylic acids is 2. The highest BCUT2D eigenvalue weighted by atomic mass is 16.5. The van der Waals surface area contributed by atoms with Crippen LogP contribution in [-0.2, 0) is 20.7 Å². The predicted molar refractivity (Wildman–Crippen MR) is 112 cm³/mol. The Labute approximate surface area is 169 Å². The van der Waals surface area contributed by atoms with E-state index in [9.17, 15) is 9.59 Å². The Morgan fingerprint density at radius 3 is 2.72 bits per heavy atom. The normalized spacial score (nSPS) is 11.8. The summed E-state index contributed by atoms with van der Waals surface area (Å²) in [6, 6.07) is 14.3. The molecule has 3 rings (SSSR count). The van der Waals surface area contributed by atoms with Gasteiger partial charge in [0.2, 0.25) is 11.8 Å². The van der Waals surface area contributed by atoms with Crippen molar-refractivity contribution in [3.63, 3.8) is 0 Å². The molecule has 2 amide bonds. The summed E-state index contributed by atoms with van der Waals surface area (Å²) >= 11 is 0. The Morgan fingerprint density at radius 1 is 1.10 bits per heavy atom. The van der Waals surface area contributed by atoms with Crippen LogP contribution in [0, 0.1) is 0 Å². The molecule has 0 saturated heterocycles. The second-order valence-electron chi connectivity index (χ2n) is 6.68. The highest BCUT2D eigenvalue weighted by Crippen LogP contribution is 2.21. The van der Waals surface area contributed by atoms with Gasteiger partial charge in [-0.2, -0.15) is 0 Å². The quantitative estimate of drug-likeness (QED) is 0.486. The van der Waals surface area contributed by atoms with Crippen molar-refractivity contribution < 1.29 is 19.1 Å². The Morgan fingerprint density at radius 2 is 1.93 bits per heavy atom. The van der Waals surface area contributed by atoms with E-state index in [1.165, 1.54) is 6.92 Å². The van der Waals surface area contributed by atoms with Gasteiger partial charge in [0.05, 0.1) is 6.61 Å². The summed E-state index contributed by atoms with van der Waals surface area (Å²) in [6.07, 6.45) is 2.25. The molecule has 0 aliphatic rings. The van der Waals surface area contributed by atoms with Crippen molar-refractivity contribution in [3.8, 4) is 5.75 Å². The average Bonchev–Trinajstić information content (AvgIpc) is 3.11. The second kappa shape index (κ2) is 9.75. The van der Waals surface area contributed by atoms with Gasteiger partial charge < -0.3 is 25.1 Å². The number of hydrogen-bond acceptors (Lipinski definition) is 4. The summed E-state index contributed by atoms with van der Waals surface area (Å²) < 4.78 is 10.5. The molecule has 3 aromatic rings. The SMILES string of the molecule is COCCOc1cccc(NC(=O)C(Cc2c[nH]c3ccccc23)NC(C)=O)c1. The van der Waals surface area contributed by atoms with Gasteiger partial charge in [0.15, 0.2) is 0 Å². The molecule has 0 aliphatic carbocycles. The molecule has 152 valence electrons. The first-order valence-electron chi connectivity index (χ1n) is 9.41. The number of anilines is 1. The van der Waals surface area contributed by atoms with E-state index in [1.54, 1.807) is 25.3 Å². The van der Waals surface area contributed by atoms with Crippen LogP contribution in [0.3, 0.4) is 0 Å². The fourth-order valence-corrected chi connectivity index (χ4v) is 3.11. The number of aromatic amines is 1. The number of rotatable bonds is 9. The van der Waals surface area contributed by atoms with Crippen molar-refractivity contribution >= 4 is 28.4 Å². The second-order valence-corrected chi connectivity index (χ2v) is 6.68. The number of amides is 2. The molecule has 29 heavy (non-hydrogen) atoms. The molecule has 1 aromatic heterocycles. The van der Waals surface area contributed by atoms with E-state index in [0.717, 1.165) is 16.5 Å². The van der Waals surface area contributed by atoms with Gasteiger partial charge in [0.1, 0.15) is 18.4 Å². The largest absolute Gasteiger partial charge is 0.491 e. The van der Waals surface area contributed by atoms with Crippen LogP contribution < -0.4 is 15.4 Å². The number of aromatic nitrogens is 1. The number of fused-ring (bicyclic) bond motifs is 1. The van der Waals surface area contributed by atoms with Gasteiger partial charge in [-0.1, -0.05) is 24.3 Å². The van der Waals surface area contributed by atoms with Crippen molar-refractivity contribution in [2.75, 3.05) is 25.6 Å². The molecular formula is C22H25N3O4. The zero-order valence-electron chi connectivity index (χ0n) is 16.5. The lowest BCUT2D eigenvalue weighted by molar-refractivity contribution is -0.125. The molecule has 0 bridgehead atoms. The number of hydrogen-bond donors (Lipinski definition) is 3. The fraction of sp³-hybridized carbons (Fsp3) is 0.273. The summed E-state index contributed by atoms with van der Waals surface area (Å²) in [5.41, 5.74) is 2.55. The predicted octanol–water partition coefficient (Wildman–Crippen LogP) is 2.88. The topological polar surface area (TPSA) is 92.4 Å². The first-order valence-corrected chi connectivity index (χ1v) is 9.41. The number of benzene rings is 2. The number of ether oxygens (including phenoxy) is 2. The highest BCUT2D eigenvalue weighted by molar-refractivity contribution is 5.97. The molecule has 1 heterocycles. The van der Waals surface area contributed by atoms with Crippen LogP contribution in [0.5, 0.6) is 5.75 Å². The Hall–Kier alpha value is -3.32. The molecule has 7 heteroatoms. The van der Waals surface area contributed by atoms with E-state index < -0.39 is 6.04 Å². The third-order valence-corrected chi connectivity index (χ3v) is 4.45. The van der Waals surface area contributed by atoms with E-state index in [0.29, 0.717) is 31.1 Å². The third kappa shape index (κ3) is 5.58. The van der Waals surface area contributed by atoms with Crippen molar-refractivity contribution in [1.29, 1.82) is 0 Å². The number of H-pyrrole nitrogens is 1. The average molecular weight is 395 g/mol. The van der Waals surface area contributed by atoms with Gasteiger partial charge in [0, 0.05) is 49.3 Å². The molecule has 0 saturated carbocycles. The zero-order chi connectivity index (χ0) is 20.6.